The van der Waals surface area contributed by atoms with Crippen molar-refractivity contribution >= 4 is 10.1 Å². The molecule has 110 valence electrons. The SMILES string of the molecule is O=S(=O)(O)C(F)COC(F)(F)C(F)(F)C(F)(F)F. The van der Waals surface area contributed by atoms with Crippen LogP contribution < -0.4 is 0 Å². The summed E-state index contributed by atoms with van der Waals surface area (Å²) in [7, 11) is -5.56. The zero-order valence-electron chi connectivity index (χ0n) is 7.89. The number of alkyl halides is 8. The Bertz CT molecular complexity index is 387. The topological polar surface area (TPSA) is 63.6 Å². The average molecular weight is 312 g/mol. The Balaban J connectivity index is 4.89. The minimum atomic E-state index is -6.69. The standard InChI is InChI=1S/C5H4F8O4S/c6-2(18(14,15)16)1-17-5(12,13)3(7,8)4(9,10)11/h2H,1H2,(H,14,15,16). The van der Waals surface area contributed by atoms with Gasteiger partial charge in [0.05, 0.1) is 0 Å². The van der Waals surface area contributed by atoms with E-state index < -0.39 is 40.4 Å². The number of rotatable bonds is 5. The summed E-state index contributed by atoms with van der Waals surface area (Å²) in [6, 6.07) is 0. The molecule has 1 N–H and O–H groups in total. The van der Waals surface area contributed by atoms with Gasteiger partial charge in [-0.15, -0.1) is 0 Å². The lowest BCUT2D eigenvalue weighted by Crippen LogP contribution is -2.54. The van der Waals surface area contributed by atoms with Crippen LogP contribution >= 0.6 is 0 Å². The van der Waals surface area contributed by atoms with Crippen molar-refractivity contribution in [2.24, 2.45) is 0 Å². The van der Waals surface area contributed by atoms with Gasteiger partial charge in [-0.3, -0.25) is 4.55 Å². The maximum atomic E-state index is 12.3. The van der Waals surface area contributed by atoms with Crippen LogP contribution in [0.3, 0.4) is 0 Å². The van der Waals surface area contributed by atoms with Gasteiger partial charge in [-0.1, -0.05) is 0 Å². The van der Waals surface area contributed by atoms with Crippen LogP contribution in [0.5, 0.6) is 0 Å². The van der Waals surface area contributed by atoms with Gasteiger partial charge in [0.15, 0.2) is 0 Å². The van der Waals surface area contributed by atoms with Crippen LogP contribution in [-0.2, 0) is 14.9 Å². The quantitative estimate of drug-likeness (QED) is 0.623. The Morgan fingerprint density at radius 2 is 1.44 bits per heavy atom. The molecule has 0 aromatic carbocycles. The van der Waals surface area contributed by atoms with E-state index >= 15 is 0 Å². The summed E-state index contributed by atoms with van der Waals surface area (Å²) in [5.41, 5.74) is -3.59. The number of halogens is 8. The highest BCUT2D eigenvalue weighted by Gasteiger charge is 2.74. The highest BCUT2D eigenvalue weighted by Crippen LogP contribution is 2.47. The smallest absolute Gasteiger partial charge is 0.311 e. The van der Waals surface area contributed by atoms with E-state index in [0.717, 1.165) is 0 Å². The van der Waals surface area contributed by atoms with Crippen LogP contribution in [0.25, 0.3) is 0 Å². The average Bonchev–Trinajstić information content (AvgIpc) is 2.10. The first-order chi connectivity index (χ1) is 7.63. The van der Waals surface area contributed by atoms with E-state index in [4.69, 9.17) is 4.55 Å². The van der Waals surface area contributed by atoms with Crippen molar-refractivity contribution in [2.75, 3.05) is 6.61 Å². The van der Waals surface area contributed by atoms with Crippen molar-refractivity contribution in [1.29, 1.82) is 0 Å². The van der Waals surface area contributed by atoms with Crippen molar-refractivity contribution in [1.82, 2.24) is 0 Å². The largest absolute Gasteiger partial charge is 0.462 e. The summed E-state index contributed by atoms with van der Waals surface area (Å²) in [6.45, 7) is -2.41. The van der Waals surface area contributed by atoms with Crippen LogP contribution in [0.15, 0.2) is 0 Å². The third kappa shape index (κ3) is 3.65. The molecule has 0 bridgehead atoms. The van der Waals surface area contributed by atoms with Gasteiger partial charge in [0.1, 0.15) is 6.61 Å². The monoisotopic (exact) mass is 312 g/mol. The van der Waals surface area contributed by atoms with E-state index in [0.29, 0.717) is 0 Å². The molecule has 0 amide bonds. The first-order valence-corrected chi connectivity index (χ1v) is 5.20. The van der Waals surface area contributed by atoms with E-state index in [1.165, 1.54) is 0 Å². The molecule has 0 heterocycles. The molecule has 0 aromatic heterocycles. The maximum Gasteiger partial charge on any atom is 0.462 e. The van der Waals surface area contributed by atoms with Gasteiger partial charge in [0, 0.05) is 0 Å². The summed E-state index contributed by atoms with van der Waals surface area (Å²) in [5, 5.41) is 0. The van der Waals surface area contributed by atoms with E-state index in [1.807, 2.05) is 0 Å². The Morgan fingerprint density at radius 1 is 1.06 bits per heavy atom. The summed E-state index contributed by atoms with van der Waals surface area (Å²) in [4.78, 5) is 0. The fraction of sp³-hybridized carbons (Fsp3) is 1.00. The predicted octanol–water partition coefficient (Wildman–Crippen LogP) is 1.98. The molecule has 0 spiro atoms. The van der Waals surface area contributed by atoms with Crippen molar-refractivity contribution in [3.8, 4) is 0 Å². The zero-order valence-corrected chi connectivity index (χ0v) is 8.70. The second kappa shape index (κ2) is 4.77. The van der Waals surface area contributed by atoms with Crippen LogP contribution in [0, 0.1) is 0 Å². The summed E-state index contributed by atoms with van der Waals surface area (Å²) < 4.78 is 126. The van der Waals surface area contributed by atoms with Gasteiger partial charge in [-0.25, -0.2) is 4.39 Å². The van der Waals surface area contributed by atoms with Crippen molar-refractivity contribution in [2.45, 2.75) is 23.7 Å². The van der Waals surface area contributed by atoms with Crippen molar-refractivity contribution in [3.05, 3.63) is 0 Å². The normalized spacial score (nSPS) is 16.7. The summed E-state index contributed by atoms with van der Waals surface area (Å²) in [6.07, 6.45) is -12.9. The summed E-state index contributed by atoms with van der Waals surface area (Å²) >= 11 is 0. The molecule has 0 saturated heterocycles. The Kier molecular flexibility index (Phi) is 4.59. The van der Waals surface area contributed by atoms with Gasteiger partial charge in [0.2, 0.25) is 5.50 Å². The molecule has 0 saturated carbocycles. The Labute approximate surface area is 94.3 Å². The first kappa shape index (κ1) is 17.3. The first-order valence-electron chi connectivity index (χ1n) is 3.69. The van der Waals surface area contributed by atoms with Crippen LogP contribution in [0.1, 0.15) is 0 Å². The molecule has 18 heavy (non-hydrogen) atoms. The number of ether oxygens (including phenoxy) is 1. The lowest BCUT2D eigenvalue weighted by atomic mass is 10.3. The van der Waals surface area contributed by atoms with Crippen LogP contribution in [-0.4, -0.2) is 43.3 Å². The fourth-order valence-corrected chi connectivity index (χ4v) is 0.752. The molecule has 0 aliphatic rings. The highest BCUT2D eigenvalue weighted by molar-refractivity contribution is 7.86. The molecule has 0 radical (unpaired) electrons. The van der Waals surface area contributed by atoms with E-state index in [-0.39, 0.29) is 0 Å². The molecular weight excluding hydrogens is 308 g/mol. The molecule has 1 atom stereocenters. The highest BCUT2D eigenvalue weighted by atomic mass is 32.2. The molecule has 0 rings (SSSR count). The number of hydrogen-bond donors (Lipinski definition) is 1. The van der Waals surface area contributed by atoms with E-state index in [2.05, 4.69) is 4.74 Å². The van der Waals surface area contributed by atoms with Gasteiger partial charge in [-0.2, -0.15) is 39.2 Å². The minimum absolute atomic E-state index is 2.41. The van der Waals surface area contributed by atoms with Crippen LogP contribution in [0.4, 0.5) is 35.1 Å². The van der Waals surface area contributed by atoms with Crippen LogP contribution in [0.2, 0.25) is 0 Å². The maximum absolute atomic E-state index is 12.3. The third-order valence-corrected chi connectivity index (χ3v) is 2.22. The lowest BCUT2D eigenvalue weighted by Gasteiger charge is -2.27. The fourth-order valence-electron chi connectivity index (χ4n) is 0.512. The predicted molar refractivity (Wildman–Crippen MR) is 38.3 cm³/mol. The van der Waals surface area contributed by atoms with Gasteiger partial charge in [-0.05, 0) is 0 Å². The summed E-state index contributed by atoms with van der Waals surface area (Å²) in [5.74, 6) is -6.65. The third-order valence-electron chi connectivity index (χ3n) is 1.44. The zero-order chi connectivity index (χ0) is 15.0. The molecule has 0 aliphatic heterocycles. The molecule has 0 fully saturated rings. The lowest BCUT2D eigenvalue weighted by molar-refractivity contribution is -0.424. The molecular formula is C5H4F8O4S. The molecule has 0 aliphatic carbocycles. The molecule has 0 aromatic rings. The Morgan fingerprint density at radius 3 is 1.72 bits per heavy atom. The Hall–Kier alpha value is -0.690. The van der Waals surface area contributed by atoms with Crippen molar-refractivity contribution in [3.63, 3.8) is 0 Å². The van der Waals surface area contributed by atoms with Gasteiger partial charge < -0.3 is 4.74 Å². The van der Waals surface area contributed by atoms with Crippen molar-refractivity contribution < 1.29 is 52.8 Å². The van der Waals surface area contributed by atoms with E-state index in [9.17, 15) is 43.5 Å². The molecule has 4 nitrogen and oxygen atoms in total. The molecule has 1 unspecified atom stereocenters. The second-order valence-electron chi connectivity index (χ2n) is 2.82. The van der Waals surface area contributed by atoms with Gasteiger partial charge in [0.25, 0.3) is 10.1 Å². The second-order valence-corrected chi connectivity index (χ2v) is 4.37. The van der Waals surface area contributed by atoms with E-state index in [1.54, 1.807) is 0 Å². The minimum Gasteiger partial charge on any atom is -0.311 e. The molecule has 13 heteroatoms. The van der Waals surface area contributed by atoms with Gasteiger partial charge >= 0.3 is 18.2 Å². The number of hydrogen-bond acceptors (Lipinski definition) is 3.